The topological polar surface area (TPSA) is 202 Å². The first-order chi connectivity index (χ1) is 31.6. The lowest BCUT2D eigenvalue weighted by Gasteiger charge is -2.49. The van der Waals surface area contributed by atoms with Crippen molar-refractivity contribution >= 4 is 29.8 Å². The number of phenols is 1. The van der Waals surface area contributed by atoms with E-state index in [1.165, 1.54) is 12.0 Å². The van der Waals surface area contributed by atoms with E-state index in [4.69, 9.17) is 23.8 Å². The number of hydrogen-bond acceptors (Lipinski definition) is 13. The summed E-state index contributed by atoms with van der Waals surface area (Å²) in [5, 5.41) is 38.3. The molecule has 3 aliphatic heterocycles. The summed E-state index contributed by atoms with van der Waals surface area (Å²) in [4.78, 5) is 62.9. The first kappa shape index (κ1) is 46.6. The monoisotopic (exact) mass is 903 g/mol. The van der Waals surface area contributed by atoms with Crippen molar-refractivity contribution in [3.63, 3.8) is 0 Å². The average Bonchev–Trinajstić information content (AvgIpc) is 3.88. The third-order valence-electron chi connectivity index (χ3n) is 12.6. The summed E-state index contributed by atoms with van der Waals surface area (Å²) in [7, 11) is 0. The number of aliphatic hydroxyl groups excluding tert-OH is 2. The lowest BCUT2D eigenvalue weighted by atomic mass is 9.62. The fourth-order valence-corrected chi connectivity index (χ4v) is 9.47. The zero-order valence-corrected chi connectivity index (χ0v) is 37.4. The predicted molar refractivity (Wildman–Crippen MR) is 240 cm³/mol. The number of amides is 2. The van der Waals surface area contributed by atoms with Crippen molar-refractivity contribution in [3.8, 4) is 5.75 Å². The highest BCUT2D eigenvalue weighted by Gasteiger charge is 2.76. The van der Waals surface area contributed by atoms with E-state index in [1.807, 2.05) is 109 Å². The quantitative estimate of drug-likeness (QED) is 0.0979. The lowest BCUT2D eigenvalue weighted by Crippen LogP contribution is -2.71. The van der Waals surface area contributed by atoms with Crippen LogP contribution in [0.2, 0.25) is 0 Å². The van der Waals surface area contributed by atoms with Gasteiger partial charge in [-0.25, -0.2) is 0 Å². The van der Waals surface area contributed by atoms with Crippen molar-refractivity contribution in [1.29, 1.82) is 0 Å². The summed E-state index contributed by atoms with van der Waals surface area (Å²) in [5.74, 6) is -4.07. The lowest BCUT2D eigenvalue weighted by molar-refractivity contribution is -0.213. The van der Waals surface area contributed by atoms with Crippen molar-refractivity contribution in [1.82, 2.24) is 15.7 Å². The molecule has 4 aromatic carbocycles. The summed E-state index contributed by atoms with van der Waals surface area (Å²) in [6.07, 6.45) is -1.16. The number of hydrogen-bond donors (Lipinski definition) is 5. The first-order valence-corrected chi connectivity index (χ1v) is 22.4. The van der Waals surface area contributed by atoms with Gasteiger partial charge in [-0.15, -0.1) is 0 Å². The van der Waals surface area contributed by atoms with Gasteiger partial charge >= 0.3 is 11.9 Å². The van der Waals surface area contributed by atoms with Crippen LogP contribution in [0.25, 0.3) is 6.08 Å². The molecule has 0 aromatic heterocycles. The summed E-state index contributed by atoms with van der Waals surface area (Å²) >= 11 is 0. The van der Waals surface area contributed by atoms with Crippen molar-refractivity contribution in [2.24, 2.45) is 5.41 Å². The molecule has 4 fully saturated rings. The molecule has 5 N–H and O–H groups in total. The first-order valence-electron chi connectivity index (χ1n) is 22.4. The van der Waals surface area contributed by atoms with Gasteiger partial charge in [-0.1, -0.05) is 115 Å². The fourth-order valence-electron chi connectivity index (χ4n) is 9.47. The second kappa shape index (κ2) is 19.1. The number of esters is 2. The normalized spacial score (nSPS) is 25.6. The number of ether oxygens (including phenoxy) is 4. The summed E-state index contributed by atoms with van der Waals surface area (Å²) in [6.45, 7) is 6.06. The number of nitrogens with zero attached hydrogens (tertiary/aromatic N) is 1. The van der Waals surface area contributed by atoms with E-state index in [0.717, 1.165) is 16.7 Å². The standard InChI is InChI=1S/C51H57N3O12/c1-31(56)41(46(59)52-37(30-55)26-27-40(58)63-49(2,3)4)53-48(61)50-28-39-42-43(65-51(64-42,35-17-7-5-8-18-35)36-19-9-6-10-20-36)45(50)66-54(44(50)47(60)62-39)29-33-24-22-32(23-25-33)14-13-16-34-15-11-12-21-38(34)57/h5-15,17-25,31,37,39,41-45,55-57H,16,26-30H2,1-4H3,(H,52,59)(H,53,61). The molecule has 0 radical (unpaired) electrons. The molecular weight excluding hydrogens is 847 g/mol. The van der Waals surface area contributed by atoms with Crippen molar-refractivity contribution in [3.05, 3.63) is 143 Å². The van der Waals surface area contributed by atoms with Crippen LogP contribution in [0.4, 0.5) is 0 Å². The molecule has 4 aromatic rings. The highest BCUT2D eigenvalue weighted by molar-refractivity contribution is 5.96. The Morgan fingerprint density at radius 2 is 1.53 bits per heavy atom. The molecule has 3 saturated heterocycles. The van der Waals surface area contributed by atoms with Crippen LogP contribution in [0.15, 0.2) is 115 Å². The number of aromatic hydroxyl groups is 1. The number of nitrogens with one attached hydrogen (secondary N) is 2. The Morgan fingerprint density at radius 1 is 0.894 bits per heavy atom. The largest absolute Gasteiger partial charge is 0.508 e. The van der Waals surface area contributed by atoms with Crippen molar-refractivity contribution in [2.45, 2.75) is 120 Å². The molecule has 348 valence electrons. The minimum absolute atomic E-state index is 0.0303. The number of carbonyl (C=O) groups is 4. The Labute approximate surface area is 383 Å². The molecule has 2 amide bonds. The number of allylic oxidation sites excluding steroid dienone is 1. The number of hydroxylamine groups is 2. The molecular formula is C51H57N3O12. The Morgan fingerprint density at radius 3 is 2.15 bits per heavy atom. The van der Waals surface area contributed by atoms with E-state index in [2.05, 4.69) is 10.6 Å². The third-order valence-corrected chi connectivity index (χ3v) is 12.6. The third kappa shape index (κ3) is 9.37. The zero-order valence-electron chi connectivity index (χ0n) is 37.4. The van der Waals surface area contributed by atoms with Crippen LogP contribution < -0.4 is 10.6 Å². The van der Waals surface area contributed by atoms with Gasteiger partial charge < -0.3 is 44.9 Å². The maximum Gasteiger partial charge on any atom is 0.327 e. The number of rotatable bonds is 16. The second-order valence-corrected chi connectivity index (χ2v) is 18.4. The smallest absolute Gasteiger partial charge is 0.327 e. The van der Waals surface area contributed by atoms with Gasteiger partial charge in [0.25, 0.3) is 0 Å². The molecule has 15 heteroatoms. The van der Waals surface area contributed by atoms with Crippen LogP contribution >= 0.6 is 0 Å². The SMILES string of the molecule is CC(O)C(NC(=O)C12CC3OC(=O)C1N(Cc1ccc(C=CCc4ccccc4O)cc1)OC2C1OC(c2ccccc2)(c2ccccc2)OC31)C(=O)NC(CO)CCC(=O)OC(C)(C)C. The van der Waals surface area contributed by atoms with Crippen LogP contribution in [0.3, 0.4) is 0 Å². The maximum absolute atomic E-state index is 15.3. The molecule has 8 rings (SSSR count). The van der Waals surface area contributed by atoms with Crippen LogP contribution in [0.5, 0.6) is 5.75 Å². The van der Waals surface area contributed by atoms with Gasteiger partial charge in [0.05, 0.1) is 25.3 Å². The minimum atomic E-state index is -1.72. The highest BCUT2D eigenvalue weighted by atomic mass is 16.8. The van der Waals surface area contributed by atoms with Crippen LogP contribution in [-0.4, -0.2) is 105 Å². The summed E-state index contributed by atoms with van der Waals surface area (Å²) < 4.78 is 25.6. The number of benzene rings is 4. The Balaban J connectivity index is 1.10. The van der Waals surface area contributed by atoms with E-state index in [1.54, 1.807) is 32.9 Å². The Hall–Kier alpha value is -5.94. The average molecular weight is 904 g/mol. The van der Waals surface area contributed by atoms with Crippen LogP contribution in [0, 0.1) is 5.41 Å². The van der Waals surface area contributed by atoms with Crippen molar-refractivity contribution in [2.75, 3.05) is 6.61 Å². The number of aliphatic hydroxyl groups is 2. The summed E-state index contributed by atoms with van der Waals surface area (Å²) in [5.41, 5.74) is 1.34. The molecule has 66 heavy (non-hydrogen) atoms. The fraction of sp³-hybridized carbons (Fsp3) is 0.412. The van der Waals surface area contributed by atoms with Gasteiger partial charge in [-0.2, -0.15) is 5.06 Å². The molecule has 9 unspecified atom stereocenters. The zero-order chi connectivity index (χ0) is 46.8. The van der Waals surface area contributed by atoms with Crippen LogP contribution in [-0.2, 0) is 61.7 Å². The van der Waals surface area contributed by atoms with Crippen LogP contribution in [0.1, 0.15) is 74.8 Å². The summed E-state index contributed by atoms with van der Waals surface area (Å²) in [6, 6.07) is 29.7. The molecule has 3 heterocycles. The second-order valence-electron chi connectivity index (χ2n) is 18.4. The molecule has 1 aliphatic carbocycles. The van der Waals surface area contributed by atoms with E-state index >= 15 is 4.79 Å². The van der Waals surface area contributed by atoms with Gasteiger partial charge in [-0.3, -0.25) is 24.0 Å². The maximum atomic E-state index is 15.3. The van der Waals surface area contributed by atoms with Crippen molar-refractivity contribution < 1.29 is 58.3 Å². The Bertz CT molecular complexity index is 2370. The number of fused-ring (bicyclic) bond motifs is 4. The molecule has 2 bridgehead atoms. The van der Waals surface area contributed by atoms with E-state index in [0.29, 0.717) is 17.5 Å². The predicted octanol–water partition coefficient (Wildman–Crippen LogP) is 4.60. The van der Waals surface area contributed by atoms with E-state index < -0.39 is 95.8 Å². The molecule has 15 nitrogen and oxygen atoms in total. The number of carbonyl (C=O) groups excluding carboxylic acids is 4. The minimum Gasteiger partial charge on any atom is -0.508 e. The Kier molecular flexibility index (Phi) is 13.5. The molecule has 4 aliphatic rings. The van der Waals surface area contributed by atoms with Gasteiger partial charge in [0, 0.05) is 24.0 Å². The van der Waals surface area contributed by atoms with Gasteiger partial charge in [0.15, 0.2) is 6.04 Å². The van der Waals surface area contributed by atoms with Gasteiger partial charge in [0.2, 0.25) is 17.6 Å². The van der Waals surface area contributed by atoms with E-state index in [9.17, 15) is 29.7 Å². The molecule has 0 spiro atoms. The molecule has 9 atom stereocenters. The number of phenolic OH excluding ortho intramolecular Hbond substituents is 1. The molecule has 1 saturated carbocycles. The highest BCUT2D eigenvalue weighted by Crippen LogP contribution is 2.59. The number of para-hydroxylation sites is 1. The van der Waals surface area contributed by atoms with Gasteiger partial charge in [0.1, 0.15) is 47.2 Å². The van der Waals surface area contributed by atoms with Gasteiger partial charge in [-0.05, 0) is 63.3 Å². The van der Waals surface area contributed by atoms with E-state index in [-0.39, 0.29) is 31.6 Å².